The first-order valence-corrected chi connectivity index (χ1v) is 13.4. The number of aliphatic hydroxyl groups excluding tert-OH is 1. The lowest BCUT2D eigenvalue weighted by atomic mass is 9.59. The third-order valence-corrected chi connectivity index (χ3v) is 9.39. The number of nitrogens with one attached hydrogen (secondary N) is 1. The maximum absolute atomic E-state index is 13.5. The minimum atomic E-state index is -5.12. The van der Waals surface area contributed by atoms with Crippen LogP contribution in [0.4, 0.5) is 22.0 Å². The van der Waals surface area contributed by atoms with E-state index in [1.165, 1.54) is 0 Å². The molecule has 9 nitrogen and oxygen atoms in total. The zero-order valence-corrected chi connectivity index (χ0v) is 21.8. The summed E-state index contributed by atoms with van der Waals surface area (Å²) in [6.07, 6.45) is -6.68. The van der Waals surface area contributed by atoms with Crippen molar-refractivity contribution in [3.8, 4) is 0 Å². The minimum Gasteiger partial charge on any atom is -0.455 e. The van der Waals surface area contributed by atoms with Crippen molar-refractivity contribution in [1.82, 2.24) is 20.4 Å². The van der Waals surface area contributed by atoms with E-state index < -0.39 is 47.1 Å². The van der Waals surface area contributed by atoms with Crippen molar-refractivity contribution in [2.24, 2.45) is 11.3 Å². The monoisotopic (exact) mass is 564 g/mol. The van der Waals surface area contributed by atoms with E-state index in [2.05, 4.69) is 20.3 Å². The number of aliphatic hydroxyl groups is 1. The number of ether oxygens (including phenoxy) is 1. The van der Waals surface area contributed by atoms with Gasteiger partial charge in [-0.25, -0.2) is 13.6 Å². The Morgan fingerprint density at radius 3 is 2.33 bits per heavy atom. The van der Waals surface area contributed by atoms with Crippen molar-refractivity contribution in [2.75, 3.05) is 19.6 Å². The van der Waals surface area contributed by atoms with Crippen molar-refractivity contribution in [3.05, 3.63) is 11.8 Å². The number of alkyl halides is 5. The van der Waals surface area contributed by atoms with Gasteiger partial charge in [-0.05, 0) is 38.0 Å². The van der Waals surface area contributed by atoms with E-state index in [-0.39, 0.29) is 62.8 Å². The summed E-state index contributed by atoms with van der Waals surface area (Å²) in [5, 5.41) is 22.2. The number of nitrogens with zero attached hydrogens (tertiary/aromatic N) is 3. The molecule has 4 aliphatic rings. The third-order valence-electron chi connectivity index (χ3n) is 9.39. The van der Waals surface area contributed by atoms with Crippen LogP contribution in [-0.2, 0) is 19.7 Å². The largest absolute Gasteiger partial charge is 0.490 e. The molecule has 1 aromatic heterocycles. The maximum atomic E-state index is 13.5. The van der Waals surface area contributed by atoms with E-state index in [0.717, 1.165) is 0 Å². The van der Waals surface area contributed by atoms with Gasteiger partial charge in [0.15, 0.2) is 0 Å². The molecule has 1 aromatic rings. The van der Waals surface area contributed by atoms with E-state index >= 15 is 0 Å². The zero-order chi connectivity index (χ0) is 28.4. The maximum Gasteiger partial charge on any atom is 0.490 e. The smallest absolute Gasteiger partial charge is 0.455 e. The number of likely N-dealkylation sites (tertiary alicyclic amines) is 1. The number of amides is 1. The third kappa shape index (κ3) is 4.91. The van der Waals surface area contributed by atoms with E-state index in [4.69, 9.17) is 4.42 Å². The average molecular weight is 565 g/mol. The Labute approximate surface area is 221 Å². The molecular formula is C25H33F5N4O5. The molecule has 0 aromatic carbocycles. The van der Waals surface area contributed by atoms with Gasteiger partial charge in [-0.3, -0.25) is 4.79 Å². The van der Waals surface area contributed by atoms with Gasteiger partial charge in [0, 0.05) is 43.8 Å². The summed E-state index contributed by atoms with van der Waals surface area (Å²) in [6.45, 7) is 4.56. The molecule has 2 saturated carbocycles. The SMILES string of the molecule is CC(C)C1(c2nnc(C3CCC(F)(F)CC3)o2)CN(C(=O)[C@@H]2C[C@@H](O)C3(CCC3OC(=O)C(F)(F)F)CN2)C1. The molecule has 2 aliphatic carbocycles. The first-order valence-electron chi connectivity index (χ1n) is 13.4. The topological polar surface area (TPSA) is 118 Å². The summed E-state index contributed by atoms with van der Waals surface area (Å²) in [5.41, 5.74) is -1.66. The van der Waals surface area contributed by atoms with Crippen LogP contribution in [0.1, 0.15) is 76.5 Å². The number of piperidine rings is 1. The Morgan fingerprint density at radius 1 is 1.13 bits per heavy atom. The van der Waals surface area contributed by atoms with E-state index in [0.29, 0.717) is 31.3 Å². The first-order chi connectivity index (χ1) is 18.2. The lowest BCUT2D eigenvalue weighted by molar-refractivity contribution is -0.230. The molecular weight excluding hydrogens is 531 g/mol. The highest BCUT2D eigenvalue weighted by Gasteiger charge is 2.60. The molecule has 1 amide bonds. The van der Waals surface area contributed by atoms with Gasteiger partial charge in [0.05, 0.1) is 17.6 Å². The van der Waals surface area contributed by atoms with Crippen molar-refractivity contribution in [2.45, 2.75) is 100 Å². The Hall–Kier alpha value is -2.35. The molecule has 1 spiro atoms. The van der Waals surface area contributed by atoms with Crippen LogP contribution in [0.3, 0.4) is 0 Å². The fraction of sp³-hybridized carbons (Fsp3) is 0.840. The number of carbonyl (C=O) groups excluding carboxylic acids is 2. The Kier molecular flexibility index (Phi) is 6.96. The molecule has 0 radical (unpaired) electrons. The van der Waals surface area contributed by atoms with E-state index in [9.17, 15) is 36.6 Å². The number of carbonyl (C=O) groups is 2. The van der Waals surface area contributed by atoms with Gasteiger partial charge in [0.25, 0.3) is 0 Å². The fourth-order valence-corrected chi connectivity index (χ4v) is 6.40. The molecule has 5 rings (SSSR count). The van der Waals surface area contributed by atoms with E-state index in [1.807, 2.05) is 13.8 Å². The minimum absolute atomic E-state index is 0.0257. The van der Waals surface area contributed by atoms with Crippen LogP contribution in [-0.4, -0.2) is 82.1 Å². The van der Waals surface area contributed by atoms with Crippen molar-refractivity contribution in [1.29, 1.82) is 0 Å². The molecule has 2 aliphatic heterocycles. The average Bonchev–Trinajstić information content (AvgIpc) is 3.30. The van der Waals surface area contributed by atoms with Gasteiger partial charge in [0.1, 0.15) is 6.10 Å². The number of aromatic nitrogens is 2. The highest BCUT2D eigenvalue weighted by molar-refractivity contribution is 5.83. The number of hydrogen-bond acceptors (Lipinski definition) is 8. The van der Waals surface area contributed by atoms with Crippen LogP contribution in [0, 0.1) is 11.3 Å². The van der Waals surface area contributed by atoms with Crippen LogP contribution >= 0.6 is 0 Å². The fourth-order valence-electron chi connectivity index (χ4n) is 6.40. The summed E-state index contributed by atoms with van der Waals surface area (Å²) in [5.74, 6) is -4.70. The summed E-state index contributed by atoms with van der Waals surface area (Å²) in [4.78, 5) is 26.2. The standard InChI is InChI=1S/C25H33F5N4O5/c1-13(2)23(20-33-32-18(39-20)14-3-7-24(26,27)8-4-14)11-34(12-23)19(36)15-9-16(35)22(10-31-15)6-5-17(22)38-21(37)25(28,29)30/h13-17,31,35H,3-12H2,1-2H3/t15-,16+,17?,22?/m0/s1. The molecule has 0 bridgehead atoms. The van der Waals surface area contributed by atoms with Crippen LogP contribution in [0.15, 0.2) is 4.42 Å². The molecule has 2 saturated heterocycles. The molecule has 39 heavy (non-hydrogen) atoms. The lowest BCUT2D eigenvalue weighted by Crippen LogP contribution is -2.70. The summed E-state index contributed by atoms with van der Waals surface area (Å²) in [7, 11) is 0. The highest BCUT2D eigenvalue weighted by atomic mass is 19.4. The van der Waals surface area contributed by atoms with Crippen molar-refractivity contribution >= 4 is 11.9 Å². The first kappa shape index (κ1) is 28.2. The lowest BCUT2D eigenvalue weighted by Gasteiger charge is -2.56. The predicted molar refractivity (Wildman–Crippen MR) is 124 cm³/mol. The second-order valence-corrected chi connectivity index (χ2v) is 11.9. The number of hydrogen-bond donors (Lipinski definition) is 2. The highest BCUT2D eigenvalue weighted by Crippen LogP contribution is 2.50. The molecule has 4 fully saturated rings. The molecule has 2 N–H and O–H groups in total. The quantitative estimate of drug-likeness (QED) is 0.414. The molecule has 14 heteroatoms. The van der Waals surface area contributed by atoms with Gasteiger partial charge >= 0.3 is 12.1 Å². The Bertz CT molecular complexity index is 1090. The number of rotatable bonds is 5. The second-order valence-electron chi connectivity index (χ2n) is 11.9. The number of esters is 1. The van der Waals surface area contributed by atoms with Crippen molar-refractivity contribution < 1.29 is 45.8 Å². The van der Waals surface area contributed by atoms with Gasteiger partial charge < -0.3 is 24.5 Å². The summed E-state index contributed by atoms with van der Waals surface area (Å²) in [6, 6.07) is -0.752. The Morgan fingerprint density at radius 2 is 1.79 bits per heavy atom. The second kappa shape index (κ2) is 9.64. The van der Waals surface area contributed by atoms with Crippen molar-refractivity contribution in [3.63, 3.8) is 0 Å². The van der Waals surface area contributed by atoms with Gasteiger partial charge in [-0.2, -0.15) is 13.2 Å². The van der Waals surface area contributed by atoms with Gasteiger partial charge in [-0.15, -0.1) is 10.2 Å². The zero-order valence-electron chi connectivity index (χ0n) is 21.8. The van der Waals surface area contributed by atoms with Gasteiger partial charge in [0.2, 0.25) is 23.6 Å². The van der Waals surface area contributed by atoms with Crippen LogP contribution < -0.4 is 5.32 Å². The predicted octanol–water partition coefficient (Wildman–Crippen LogP) is 3.08. The summed E-state index contributed by atoms with van der Waals surface area (Å²) < 4.78 is 75.6. The van der Waals surface area contributed by atoms with E-state index in [1.54, 1.807) is 4.90 Å². The normalized spacial score (nSPS) is 32.5. The Balaban J connectivity index is 1.19. The molecule has 4 atom stereocenters. The van der Waals surface area contributed by atoms with Gasteiger partial charge in [-0.1, -0.05) is 13.8 Å². The number of halogens is 5. The summed E-state index contributed by atoms with van der Waals surface area (Å²) >= 11 is 0. The molecule has 2 unspecified atom stereocenters. The molecule has 218 valence electrons. The van der Waals surface area contributed by atoms with Crippen LogP contribution in [0.25, 0.3) is 0 Å². The molecule has 3 heterocycles. The van der Waals surface area contributed by atoms with Crippen LogP contribution in [0.5, 0.6) is 0 Å². The van der Waals surface area contributed by atoms with Crippen LogP contribution in [0.2, 0.25) is 0 Å².